The Balaban J connectivity index is 2.19. The summed E-state index contributed by atoms with van der Waals surface area (Å²) < 4.78 is 4.48. The third kappa shape index (κ3) is 2.68. The summed E-state index contributed by atoms with van der Waals surface area (Å²) in [6, 6.07) is 5.06. The SMILES string of the molecule is COC(=O)NC1=NC(c2c(Cl)cccc2Cl)CN1. The van der Waals surface area contributed by atoms with Gasteiger partial charge in [-0.3, -0.25) is 5.32 Å². The summed E-state index contributed by atoms with van der Waals surface area (Å²) in [7, 11) is 1.28. The number of amides is 1. The van der Waals surface area contributed by atoms with Crippen LogP contribution >= 0.6 is 23.2 Å². The monoisotopic (exact) mass is 287 g/mol. The summed E-state index contributed by atoms with van der Waals surface area (Å²) in [5.74, 6) is 0.350. The van der Waals surface area contributed by atoms with Gasteiger partial charge in [0.15, 0.2) is 0 Å². The van der Waals surface area contributed by atoms with Gasteiger partial charge in [0.2, 0.25) is 5.96 Å². The second-order valence-corrected chi connectivity index (χ2v) is 4.44. The molecule has 0 radical (unpaired) electrons. The number of halogens is 2. The largest absolute Gasteiger partial charge is 0.453 e. The number of carbonyl (C=O) groups excluding carboxylic acids is 1. The average molecular weight is 288 g/mol. The quantitative estimate of drug-likeness (QED) is 0.833. The molecule has 2 rings (SSSR count). The molecule has 1 aromatic carbocycles. The van der Waals surface area contributed by atoms with Gasteiger partial charge in [-0.1, -0.05) is 29.3 Å². The van der Waals surface area contributed by atoms with Crippen LogP contribution in [0.2, 0.25) is 10.0 Å². The standard InChI is InChI=1S/C11H11Cl2N3O2/c1-18-11(17)16-10-14-5-8(15-10)9-6(12)3-2-4-7(9)13/h2-4,8H,5H2,1H3,(H2,14,15,16,17). The third-order valence-corrected chi connectivity index (χ3v) is 3.15. The third-order valence-electron chi connectivity index (χ3n) is 2.49. The number of benzene rings is 1. The highest BCUT2D eigenvalue weighted by Gasteiger charge is 2.24. The molecule has 1 heterocycles. The van der Waals surface area contributed by atoms with Gasteiger partial charge >= 0.3 is 6.09 Å². The van der Waals surface area contributed by atoms with Gasteiger partial charge in [0.25, 0.3) is 0 Å². The zero-order valence-corrected chi connectivity index (χ0v) is 11.0. The molecule has 0 fully saturated rings. The molecule has 1 aromatic rings. The number of alkyl carbamates (subject to hydrolysis) is 1. The normalized spacial score (nSPS) is 17.9. The van der Waals surface area contributed by atoms with E-state index < -0.39 is 6.09 Å². The Bertz CT molecular complexity index is 485. The van der Waals surface area contributed by atoms with Crippen LogP contribution in [0.15, 0.2) is 23.2 Å². The summed E-state index contributed by atoms with van der Waals surface area (Å²) in [4.78, 5) is 15.3. The van der Waals surface area contributed by atoms with Gasteiger partial charge in [-0.05, 0) is 12.1 Å². The van der Waals surface area contributed by atoms with E-state index in [0.29, 0.717) is 22.5 Å². The molecule has 0 spiro atoms. The molecule has 96 valence electrons. The van der Waals surface area contributed by atoms with Gasteiger partial charge in [0, 0.05) is 22.2 Å². The number of ether oxygens (including phenoxy) is 1. The molecule has 5 nitrogen and oxygen atoms in total. The fourth-order valence-corrected chi connectivity index (χ4v) is 2.31. The predicted octanol–water partition coefficient (Wildman–Crippen LogP) is 2.35. The number of hydrogen-bond donors (Lipinski definition) is 2. The molecule has 1 amide bonds. The summed E-state index contributed by atoms with van der Waals surface area (Å²) in [5.41, 5.74) is 0.745. The van der Waals surface area contributed by atoms with E-state index >= 15 is 0 Å². The Kier molecular flexibility index (Phi) is 3.93. The molecule has 7 heteroatoms. The van der Waals surface area contributed by atoms with Crippen molar-refractivity contribution in [2.24, 2.45) is 4.99 Å². The van der Waals surface area contributed by atoms with Gasteiger partial charge < -0.3 is 10.1 Å². The fraction of sp³-hybridized carbons (Fsp3) is 0.273. The summed E-state index contributed by atoms with van der Waals surface area (Å²) in [6.07, 6.45) is -0.577. The topological polar surface area (TPSA) is 62.7 Å². The Morgan fingerprint density at radius 1 is 1.50 bits per heavy atom. The number of methoxy groups -OCH3 is 1. The van der Waals surface area contributed by atoms with Crippen molar-refractivity contribution in [2.45, 2.75) is 6.04 Å². The molecule has 2 N–H and O–H groups in total. The van der Waals surface area contributed by atoms with E-state index in [1.54, 1.807) is 18.2 Å². The summed E-state index contributed by atoms with van der Waals surface area (Å²) >= 11 is 12.2. The van der Waals surface area contributed by atoms with Gasteiger partial charge in [0.1, 0.15) is 0 Å². The molecular formula is C11H11Cl2N3O2. The van der Waals surface area contributed by atoms with Crippen LogP contribution in [0.1, 0.15) is 11.6 Å². The van der Waals surface area contributed by atoms with Crippen molar-refractivity contribution in [3.8, 4) is 0 Å². The number of guanidine groups is 1. The molecule has 18 heavy (non-hydrogen) atoms. The van der Waals surface area contributed by atoms with E-state index in [-0.39, 0.29) is 6.04 Å². The predicted molar refractivity (Wildman–Crippen MR) is 70.2 cm³/mol. The van der Waals surface area contributed by atoms with E-state index in [4.69, 9.17) is 23.2 Å². The van der Waals surface area contributed by atoms with Crippen LogP contribution in [-0.4, -0.2) is 25.7 Å². The smallest absolute Gasteiger partial charge is 0.413 e. The van der Waals surface area contributed by atoms with Gasteiger partial charge in [-0.25, -0.2) is 9.79 Å². The lowest BCUT2D eigenvalue weighted by atomic mass is 10.1. The van der Waals surface area contributed by atoms with Crippen molar-refractivity contribution in [3.63, 3.8) is 0 Å². The van der Waals surface area contributed by atoms with Crippen LogP contribution in [0.5, 0.6) is 0 Å². The minimum atomic E-state index is -0.577. The molecule has 1 aliphatic rings. The van der Waals surface area contributed by atoms with Crippen LogP contribution in [0.4, 0.5) is 4.79 Å². The van der Waals surface area contributed by atoms with Crippen molar-refractivity contribution >= 4 is 35.3 Å². The first-order valence-corrected chi connectivity index (χ1v) is 5.98. The second kappa shape index (κ2) is 5.46. The van der Waals surface area contributed by atoms with Crippen LogP contribution in [-0.2, 0) is 4.74 Å². The fourth-order valence-electron chi connectivity index (χ4n) is 1.66. The van der Waals surface area contributed by atoms with E-state index in [2.05, 4.69) is 20.4 Å². The summed E-state index contributed by atoms with van der Waals surface area (Å²) in [5, 5.41) is 6.51. The van der Waals surface area contributed by atoms with E-state index in [1.807, 2.05) is 0 Å². The van der Waals surface area contributed by atoms with Crippen molar-refractivity contribution in [1.82, 2.24) is 10.6 Å². The first-order valence-electron chi connectivity index (χ1n) is 5.22. The van der Waals surface area contributed by atoms with Gasteiger partial charge in [-0.2, -0.15) is 0 Å². The van der Waals surface area contributed by atoms with Crippen molar-refractivity contribution < 1.29 is 9.53 Å². The van der Waals surface area contributed by atoms with Gasteiger partial charge in [-0.15, -0.1) is 0 Å². The molecule has 0 aromatic heterocycles. The van der Waals surface area contributed by atoms with Crippen LogP contribution in [0.3, 0.4) is 0 Å². The highest BCUT2D eigenvalue weighted by molar-refractivity contribution is 6.36. The zero-order chi connectivity index (χ0) is 13.1. The molecule has 0 aliphatic carbocycles. The molecule has 0 bridgehead atoms. The number of rotatable bonds is 1. The maximum absolute atomic E-state index is 11.0. The van der Waals surface area contributed by atoms with Crippen molar-refractivity contribution in [1.29, 1.82) is 0 Å². The maximum atomic E-state index is 11.0. The highest BCUT2D eigenvalue weighted by Crippen LogP contribution is 2.33. The molecule has 1 aliphatic heterocycles. The number of nitrogens with zero attached hydrogens (tertiary/aromatic N) is 1. The number of aliphatic imine (C=N–C) groups is 1. The maximum Gasteiger partial charge on any atom is 0.413 e. The lowest BCUT2D eigenvalue weighted by Gasteiger charge is -2.10. The zero-order valence-electron chi connectivity index (χ0n) is 9.54. The van der Waals surface area contributed by atoms with Crippen LogP contribution in [0, 0.1) is 0 Å². The molecule has 1 unspecified atom stereocenters. The molecular weight excluding hydrogens is 277 g/mol. The lowest BCUT2D eigenvalue weighted by Crippen LogP contribution is -2.37. The second-order valence-electron chi connectivity index (χ2n) is 3.63. The molecule has 0 saturated carbocycles. The van der Waals surface area contributed by atoms with Crippen molar-refractivity contribution in [2.75, 3.05) is 13.7 Å². The first kappa shape index (κ1) is 13.0. The van der Waals surface area contributed by atoms with E-state index in [9.17, 15) is 4.79 Å². The Morgan fingerprint density at radius 3 is 2.78 bits per heavy atom. The lowest BCUT2D eigenvalue weighted by molar-refractivity contribution is 0.176. The summed E-state index contributed by atoms with van der Waals surface area (Å²) in [6.45, 7) is 0.517. The first-order chi connectivity index (χ1) is 8.61. The number of hydrogen-bond acceptors (Lipinski definition) is 4. The minimum absolute atomic E-state index is 0.224. The number of nitrogens with one attached hydrogen (secondary N) is 2. The van der Waals surface area contributed by atoms with E-state index in [1.165, 1.54) is 7.11 Å². The average Bonchev–Trinajstić information content (AvgIpc) is 2.77. The van der Waals surface area contributed by atoms with Crippen LogP contribution in [0.25, 0.3) is 0 Å². The minimum Gasteiger partial charge on any atom is -0.453 e. The Hall–Kier alpha value is -1.46. The van der Waals surface area contributed by atoms with Crippen molar-refractivity contribution in [3.05, 3.63) is 33.8 Å². The van der Waals surface area contributed by atoms with Gasteiger partial charge in [0.05, 0.1) is 13.2 Å². The Morgan fingerprint density at radius 2 is 2.17 bits per heavy atom. The highest BCUT2D eigenvalue weighted by atomic mass is 35.5. The molecule has 0 saturated heterocycles. The van der Waals surface area contributed by atoms with Crippen LogP contribution < -0.4 is 10.6 Å². The Labute approximate surface area is 114 Å². The number of carbonyl (C=O) groups is 1. The van der Waals surface area contributed by atoms with E-state index in [0.717, 1.165) is 5.56 Å². The molecule has 1 atom stereocenters.